The van der Waals surface area contributed by atoms with E-state index in [1.54, 1.807) is 29.2 Å². The van der Waals surface area contributed by atoms with Gasteiger partial charge >= 0.3 is 0 Å². The first-order valence-electron chi connectivity index (χ1n) is 9.01. The lowest BCUT2D eigenvalue weighted by molar-refractivity contribution is -0.131. The number of rotatable bonds is 5. The number of sulfonamides is 1. The number of piperazine rings is 1. The molecule has 3 rings (SSSR count). The Kier molecular flexibility index (Phi) is 5.92. The molecule has 1 aliphatic heterocycles. The minimum absolute atomic E-state index is 0.0778. The van der Waals surface area contributed by atoms with E-state index in [1.807, 2.05) is 19.1 Å². The average molecular weight is 390 g/mol. The third kappa shape index (κ3) is 4.54. The molecule has 1 heterocycles. The van der Waals surface area contributed by atoms with Gasteiger partial charge in [0.2, 0.25) is 15.9 Å². The molecule has 5 nitrogen and oxygen atoms in total. The maximum Gasteiger partial charge on any atom is 0.243 e. The van der Waals surface area contributed by atoms with Crippen LogP contribution < -0.4 is 0 Å². The van der Waals surface area contributed by atoms with Crippen LogP contribution in [0.25, 0.3) is 0 Å². The summed E-state index contributed by atoms with van der Waals surface area (Å²) in [4.78, 5) is 14.4. The van der Waals surface area contributed by atoms with E-state index < -0.39 is 10.0 Å². The SMILES string of the molecule is CCc1ccc(S(=O)(=O)N2CCN(C(=O)Cc3ccc(F)cc3)CC2)cc1. The molecule has 0 atom stereocenters. The van der Waals surface area contributed by atoms with Crippen molar-refractivity contribution in [3.63, 3.8) is 0 Å². The van der Waals surface area contributed by atoms with Gasteiger partial charge in [0.25, 0.3) is 0 Å². The second kappa shape index (κ2) is 8.19. The van der Waals surface area contributed by atoms with Crippen LogP contribution in [0.3, 0.4) is 0 Å². The fourth-order valence-corrected chi connectivity index (χ4v) is 4.53. The van der Waals surface area contributed by atoms with E-state index in [0.717, 1.165) is 17.5 Å². The van der Waals surface area contributed by atoms with Gasteiger partial charge < -0.3 is 4.90 Å². The molecular weight excluding hydrogens is 367 g/mol. The molecule has 1 fully saturated rings. The Morgan fingerprint density at radius 3 is 2.04 bits per heavy atom. The van der Waals surface area contributed by atoms with Crippen molar-refractivity contribution in [1.29, 1.82) is 0 Å². The highest BCUT2D eigenvalue weighted by Crippen LogP contribution is 2.19. The summed E-state index contributed by atoms with van der Waals surface area (Å²) < 4.78 is 39.9. The Bertz CT molecular complexity index is 888. The standard InChI is InChI=1S/C20H23FN2O3S/c1-2-16-5-9-19(10-6-16)27(25,26)23-13-11-22(12-14-23)20(24)15-17-3-7-18(21)8-4-17/h3-10H,2,11-15H2,1H3. The van der Waals surface area contributed by atoms with Gasteiger partial charge in [-0.15, -0.1) is 0 Å². The molecule has 7 heteroatoms. The number of hydrogen-bond acceptors (Lipinski definition) is 3. The predicted molar refractivity (Wildman–Crippen MR) is 101 cm³/mol. The van der Waals surface area contributed by atoms with Crippen LogP contribution in [0.1, 0.15) is 18.1 Å². The molecule has 2 aromatic rings. The number of carbonyl (C=O) groups is 1. The maximum atomic E-state index is 13.0. The van der Waals surface area contributed by atoms with Crippen molar-refractivity contribution in [2.24, 2.45) is 0 Å². The lowest BCUT2D eigenvalue weighted by Gasteiger charge is -2.34. The molecule has 1 aliphatic rings. The molecule has 2 aromatic carbocycles. The fourth-order valence-electron chi connectivity index (χ4n) is 3.11. The van der Waals surface area contributed by atoms with E-state index in [4.69, 9.17) is 0 Å². The van der Waals surface area contributed by atoms with Crippen molar-refractivity contribution < 1.29 is 17.6 Å². The van der Waals surface area contributed by atoms with Crippen LogP contribution >= 0.6 is 0 Å². The third-order valence-corrected chi connectivity index (χ3v) is 6.74. The smallest absolute Gasteiger partial charge is 0.243 e. The topological polar surface area (TPSA) is 57.7 Å². The van der Waals surface area contributed by atoms with Gasteiger partial charge in [-0.25, -0.2) is 12.8 Å². The number of benzene rings is 2. The van der Waals surface area contributed by atoms with E-state index in [1.165, 1.54) is 16.4 Å². The lowest BCUT2D eigenvalue weighted by Crippen LogP contribution is -2.50. The molecule has 0 aromatic heterocycles. The van der Waals surface area contributed by atoms with Crippen LogP contribution in [0, 0.1) is 5.82 Å². The number of amides is 1. The first kappa shape index (κ1) is 19.5. The molecule has 0 aliphatic carbocycles. The Hall–Kier alpha value is -2.25. The summed E-state index contributed by atoms with van der Waals surface area (Å²) in [6, 6.07) is 12.8. The van der Waals surface area contributed by atoms with Crippen LogP contribution in [-0.2, 0) is 27.7 Å². The van der Waals surface area contributed by atoms with Crippen molar-refractivity contribution in [1.82, 2.24) is 9.21 Å². The van der Waals surface area contributed by atoms with E-state index in [2.05, 4.69) is 0 Å². The van der Waals surface area contributed by atoms with E-state index >= 15 is 0 Å². The van der Waals surface area contributed by atoms with Crippen molar-refractivity contribution in [3.05, 3.63) is 65.5 Å². The first-order valence-corrected chi connectivity index (χ1v) is 10.5. The molecule has 0 unspecified atom stereocenters. The average Bonchev–Trinajstić information content (AvgIpc) is 2.70. The largest absolute Gasteiger partial charge is 0.340 e. The van der Waals surface area contributed by atoms with Gasteiger partial charge in [0, 0.05) is 26.2 Å². The quantitative estimate of drug-likeness (QED) is 0.788. The van der Waals surface area contributed by atoms with E-state index in [-0.39, 0.29) is 36.1 Å². The fraction of sp³-hybridized carbons (Fsp3) is 0.350. The van der Waals surface area contributed by atoms with Gasteiger partial charge in [0.15, 0.2) is 0 Å². The summed E-state index contributed by atoms with van der Waals surface area (Å²) in [5.41, 5.74) is 1.83. The second-order valence-electron chi connectivity index (χ2n) is 6.59. The Balaban J connectivity index is 1.60. The summed E-state index contributed by atoms with van der Waals surface area (Å²) >= 11 is 0. The summed E-state index contributed by atoms with van der Waals surface area (Å²) in [6.07, 6.45) is 1.04. The molecule has 144 valence electrons. The van der Waals surface area contributed by atoms with Crippen molar-refractivity contribution in [3.8, 4) is 0 Å². The van der Waals surface area contributed by atoms with Gasteiger partial charge in [-0.2, -0.15) is 4.31 Å². The number of halogens is 1. The van der Waals surface area contributed by atoms with Gasteiger partial charge in [-0.3, -0.25) is 4.79 Å². The third-order valence-electron chi connectivity index (χ3n) is 4.83. The highest BCUT2D eigenvalue weighted by atomic mass is 32.2. The lowest BCUT2D eigenvalue weighted by atomic mass is 10.1. The normalized spacial score (nSPS) is 15.7. The molecule has 0 saturated carbocycles. The molecule has 1 saturated heterocycles. The maximum absolute atomic E-state index is 13.0. The monoisotopic (exact) mass is 390 g/mol. The Morgan fingerprint density at radius 1 is 0.926 bits per heavy atom. The molecule has 0 spiro atoms. The second-order valence-corrected chi connectivity index (χ2v) is 8.52. The Morgan fingerprint density at radius 2 is 1.48 bits per heavy atom. The van der Waals surface area contributed by atoms with E-state index in [0.29, 0.717) is 13.1 Å². The Labute approximate surface area is 159 Å². The van der Waals surface area contributed by atoms with Gasteiger partial charge in [0.1, 0.15) is 5.82 Å². The van der Waals surface area contributed by atoms with Crippen LogP contribution in [0.5, 0.6) is 0 Å². The zero-order chi connectivity index (χ0) is 19.4. The number of nitrogens with zero attached hydrogens (tertiary/aromatic N) is 2. The molecular formula is C20H23FN2O3S. The molecule has 0 bridgehead atoms. The number of carbonyl (C=O) groups excluding carboxylic acids is 1. The van der Waals surface area contributed by atoms with Crippen molar-refractivity contribution in [2.75, 3.05) is 26.2 Å². The number of hydrogen-bond donors (Lipinski definition) is 0. The molecule has 1 amide bonds. The number of aryl methyl sites for hydroxylation is 1. The van der Waals surface area contributed by atoms with Crippen LogP contribution in [0.15, 0.2) is 53.4 Å². The summed E-state index contributed by atoms with van der Waals surface area (Å²) in [5.74, 6) is -0.414. The van der Waals surface area contributed by atoms with Crippen molar-refractivity contribution in [2.45, 2.75) is 24.7 Å². The first-order chi connectivity index (χ1) is 12.9. The summed E-state index contributed by atoms with van der Waals surface area (Å²) in [5, 5.41) is 0. The summed E-state index contributed by atoms with van der Waals surface area (Å²) in [6.45, 7) is 3.27. The van der Waals surface area contributed by atoms with Gasteiger partial charge in [-0.05, 0) is 41.8 Å². The van der Waals surface area contributed by atoms with Crippen LogP contribution in [0.2, 0.25) is 0 Å². The zero-order valence-electron chi connectivity index (χ0n) is 15.3. The minimum atomic E-state index is -3.55. The zero-order valence-corrected chi connectivity index (χ0v) is 16.1. The molecule has 27 heavy (non-hydrogen) atoms. The minimum Gasteiger partial charge on any atom is -0.340 e. The highest BCUT2D eigenvalue weighted by molar-refractivity contribution is 7.89. The van der Waals surface area contributed by atoms with Crippen LogP contribution in [0.4, 0.5) is 4.39 Å². The van der Waals surface area contributed by atoms with E-state index in [9.17, 15) is 17.6 Å². The summed E-state index contributed by atoms with van der Waals surface area (Å²) in [7, 11) is -3.55. The van der Waals surface area contributed by atoms with Gasteiger partial charge in [-0.1, -0.05) is 31.2 Å². The molecule has 0 N–H and O–H groups in total. The van der Waals surface area contributed by atoms with Gasteiger partial charge in [0.05, 0.1) is 11.3 Å². The predicted octanol–water partition coefficient (Wildman–Crippen LogP) is 2.46. The van der Waals surface area contributed by atoms with Crippen molar-refractivity contribution >= 4 is 15.9 Å². The molecule has 0 radical (unpaired) electrons. The van der Waals surface area contributed by atoms with Crippen LogP contribution in [-0.4, -0.2) is 49.7 Å². The highest BCUT2D eigenvalue weighted by Gasteiger charge is 2.30.